The molecule has 0 aromatic rings. The number of fused-ring (bicyclic) bond motifs is 1. The Morgan fingerprint density at radius 1 is 1.83 bits per heavy atom. The van der Waals surface area contributed by atoms with E-state index in [4.69, 9.17) is 5.73 Å². The zero-order chi connectivity index (χ0) is 8.88. The first-order valence-electron chi connectivity index (χ1n) is 4.31. The number of hydrogen-bond donors (Lipinski definition) is 2. The number of nitrogens with two attached hydrogens (primary N) is 1. The summed E-state index contributed by atoms with van der Waals surface area (Å²) in [5, 5.41) is 9.57. The maximum atomic E-state index is 11.4. The van der Waals surface area contributed by atoms with E-state index >= 15 is 0 Å². The second kappa shape index (κ2) is 2.41. The fraction of sp³-hybridized carbons (Fsp3) is 0.667. The molecule has 2 aliphatic rings. The highest BCUT2D eigenvalue weighted by Gasteiger charge is 2.49. The molecule has 0 aromatic carbocycles. The fourth-order valence-electron chi connectivity index (χ4n) is 1.84. The first-order chi connectivity index (χ1) is 5.61. The zero-order valence-electron chi connectivity index (χ0n) is 7.03. The third-order valence-corrected chi connectivity index (χ3v) is 2.71. The molecule has 1 saturated carbocycles. The van der Waals surface area contributed by atoms with Crippen molar-refractivity contribution in [3.8, 4) is 0 Å². The molecule has 1 fully saturated rings. The van der Waals surface area contributed by atoms with Gasteiger partial charge in [0, 0.05) is 5.57 Å². The van der Waals surface area contributed by atoms with E-state index in [2.05, 4.69) is 0 Å². The first-order valence-corrected chi connectivity index (χ1v) is 4.31. The minimum Gasteiger partial charge on any atom is -0.388 e. The Bertz CT molecular complexity index is 257. The van der Waals surface area contributed by atoms with Gasteiger partial charge in [-0.05, 0) is 25.2 Å². The van der Waals surface area contributed by atoms with Crippen LogP contribution in [0.4, 0.5) is 0 Å². The van der Waals surface area contributed by atoms with Crippen LogP contribution in [0, 0.1) is 11.8 Å². The maximum Gasteiger partial charge on any atom is 0.177 e. The predicted molar refractivity (Wildman–Crippen MR) is 44.3 cm³/mol. The molecule has 0 spiro atoms. The molecule has 0 bridgehead atoms. The lowest BCUT2D eigenvalue weighted by atomic mass is 10.0. The second-order valence-corrected chi connectivity index (χ2v) is 3.78. The summed E-state index contributed by atoms with van der Waals surface area (Å²) in [5.74, 6) is 0.676. The summed E-state index contributed by atoms with van der Waals surface area (Å²) >= 11 is 0. The molecule has 2 rings (SSSR count). The Morgan fingerprint density at radius 2 is 2.50 bits per heavy atom. The van der Waals surface area contributed by atoms with E-state index in [9.17, 15) is 9.90 Å². The third-order valence-electron chi connectivity index (χ3n) is 2.71. The van der Waals surface area contributed by atoms with Crippen LogP contribution in [0.2, 0.25) is 0 Å². The summed E-state index contributed by atoms with van der Waals surface area (Å²) in [4.78, 5) is 11.4. The van der Waals surface area contributed by atoms with Crippen LogP contribution in [0.15, 0.2) is 11.6 Å². The molecule has 0 heterocycles. The van der Waals surface area contributed by atoms with E-state index in [1.165, 1.54) is 0 Å². The van der Waals surface area contributed by atoms with Crippen molar-refractivity contribution < 1.29 is 9.90 Å². The Hall–Kier alpha value is -0.670. The number of rotatable bonds is 2. The number of aliphatic hydroxyl groups is 1. The highest BCUT2D eigenvalue weighted by Crippen LogP contribution is 2.50. The molecule has 0 unspecified atom stereocenters. The Balaban J connectivity index is 2.14. The van der Waals surface area contributed by atoms with Gasteiger partial charge in [0.15, 0.2) is 5.78 Å². The van der Waals surface area contributed by atoms with Crippen LogP contribution < -0.4 is 5.73 Å². The van der Waals surface area contributed by atoms with Crippen molar-refractivity contribution >= 4 is 5.78 Å². The van der Waals surface area contributed by atoms with Gasteiger partial charge in [0.25, 0.3) is 0 Å². The largest absolute Gasteiger partial charge is 0.388 e. The number of allylic oxidation sites excluding steroid dienone is 1. The normalized spacial score (nSPS) is 40.2. The van der Waals surface area contributed by atoms with Crippen LogP contribution in [0.25, 0.3) is 0 Å². The highest BCUT2D eigenvalue weighted by atomic mass is 16.3. The van der Waals surface area contributed by atoms with Gasteiger partial charge < -0.3 is 10.8 Å². The zero-order valence-corrected chi connectivity index (χ0v) is 7.03. The van der Waals surface area contributed by atoms with Crippen molar-refractivity contribution in [1.82, 2.24) is 0 Å². The summed E-state index contributed by atoms with van der Waals surface area (Å²) in [6, 6.07) is -0.483. The number of ketones is 1. The molecular weight excluding hydrogens is 154 g/mol. The molecule has 3 nitrogen and oxygen atoms in total. The predicted octanol–water partition coefficient (Wildman–Crippen LogP) is -0.160. The van der Waals surface area contributed by atoms with Gasteiger partial charge in [0.2, 0.25) is 0 Å². The lowest BCUT2D eigenvalue weighted by Gasteiger charge is -2.11. The smallest absolute Gasteiger partial charge is 0.177 e. The average Bonchev–Trinajstić information content (AvgIpc) is 2.71. The minimum absolute atomic E-state index is 0.102. The van der Waals surface area contributed by atoms with Crippen LogP contribution in [0.5, 0.6) is 0 Å². The van der Waals surface area contributed by atoms with Gasteiger partial charge in [-0.15, -0.1) is 0 Å². The van der Waals surface area contributed by atoms with Crippen LogP contribution in [0.3, 0.4) is 0 Å². The number of Topliss-reactive ketones (excluding diaryl/α,β-unsaturated/α-hetero) is 1. The van der Waals surface area contributed by atoms with E-state index < -0.39 is 12.1 Å². The highest BCUT2D eigenvalue weighted by molar-refractivity contribution is 6.00. The lowest BCUT2D eigenvalue weighted by Crippen LogP contribution is -2.32. The number of hydrogen-bond acceptors (Lipinski definition) is 3. The van der Waals surface area contributed by atoms with Crippen LogP contribution in [0.1, 0.15) is 13.3 Å². The van der Waals surface area contributed by atoms with Crippen molar-refractivity contribution in [3.05, 3.63) is 11.6 Å². The summed E-state index contributed by atoms with van der Waals surface area (Å²) in [6.45, 7) is 1.65. The van der Waals surface area contributed by atoms with Crippen molar-refractivity contribution in [3.63, 3.8) is 0 Å². The van der Waals surface area contributed by atoms with Crippen LogP contribution >= 0.6 is 0 Å². The Morgan fingerprint density at radius 3 is 2.92 bits per heavy atom. The first kappa shape index (κ1) is 7.95. The summed E-state index contributed by atoms with van der Waals surface area (Å²) < 4.78 is 0. The SMILES string of the molecule is C[C@H](N)C(=O)C1=C[C@H]2C[C@H]2[C@@H]1O. The molecule has 0 radical (unpaired) electrons. The molecule has 12 heavy (non-hydrogen) atoms. The maximum absolute atomic E-state index is 11.4. The van der Waals surface area contributed by atoms with Crippen LogP contribution in [-0.2, 0) is 4.79 Å². The Labute approximate surface area is 71.3 Å². The van der Waals surface area contributed by atoms with Gasteiger partial charge in [0.1, 0.15) is 0 Å². The van der Waals surface area contributed by atoms with E-state index in [1.807, 2.05) is 6.08 Å². The molecule has 66 valence electrons. The lowest BCUT2D eigenvalue weighted by molar-refractivity contribution is -0.117. The molecular formula is C9H13NO2. The summed E-state index contributed by atoms with van der Waals surface area (Å²) in [6.07, 6.45) is 2.39. The van der Waals surface area contributed by atoms with Gasteiger partial charge in [0.05, 0.1) is 12.1 Å². The quantitative estimate of drug-likeness (QED) is 0.600. The monoisotopic (exact) mass is 167 g/mol. The van der Waals surface area contributed by atoms with E-state index in [0.29, 0.717) is 17.4 Å². The van der Waals surface area contributed by atoms with Crippen molar-refractivity contribution in [2.45, 2.75) is 25.5 Å². The van der Waals surface area contributed by atoms with Crippen molar-refractivity contribution in [1.29, 1.82) is 0 Å². The van der Waals surface area contributed by atoms with Crippen molar-refractivity contribution in [2.75, 3.05) is 0 Å². The molecule has 0 aliphatic heterocycles. The van der Waals surface area contributed by atoms with Gasteiger partial charge >= 0.3 is 0 Å². The van der Waals surface area contributed by atoms with Crippen LogP contribution in [-0.4, -0.2) is 23.0 Å². The van der Waals surface area contributed by atoms with Crippen molar-refractivity contribution in [2.24, 2.45) is 17.6 Å². The van der Waals surface area contributed by atoms with E-state index in [1.54, 1.807) is 6.92 Å². The van der Waals surface area contributed by atoms with E-state index in [-0.39, 0.29) is 5.78 Å². The standard InChI is InChI=1S/C9H13NO2/c1-4(10)8(11)7-3-5-2-6(5)9(7)12/h3-6,9,12H,2,10H2,1H3/t4-,5+,6+,9-/m0/s1. The van der Waals surface area contributed by atoms with Gasteiger partial charge in [-0.1, -0.05) is 6.08 Å². The molecule has 0 amide bonds. The molecule has 0 saturated heterocycles. The minimum atomic E-state index is -0.534. The Kier molecular flexibility index (Phi) is 1.59. The number of carbonyl (C=O) groups is 1. The molecule has 4 atom stereocenters. The fourth-order valence-corrected chi connectivity index (χ4v) is 1.84. The topological polar surface area (TPSA) is 63.3 Å². The second-order valence-electron chi connectivity index (χ2n) is 3.78. The van der Waals surface area contributed by atoms with Gasteiger partial charge in [-0.2, -0.15) is 0 Å². The summed E-state index contributed by atoms with van der Waals surface area (Å²) in [7, 11) is 0. The number of carbonyl (C=O) groups excluding carboxylic acids is 1. The van der Waals surface area contributed by atoms with E-state index in [0.717, 1.165) is 6.42 Å². The third kappa shape index (κ3) is 1.01. The summed E-state index contributed by atoms with van der Waals surface area (Å²) in [5.41, 5.74) is 5.98. The molecule has 2 aliphatic carbocycles. The molecule has 0 aromatic heterocycles. The number of aliphatic hydroxyl groups excluding tert-OH is 1. The van der Waals surface area contributed by atoms with Gasteiger partial charge in [-0.3, -0.25) is 4.79 Å². The average molecular weight is 167 g/mol. The molecule has 3 heteroatoms. The molecule has 3 N–H and O–H groups in total. The van der Waals surface area contributed by atoms with Gasteiger partial charge in [-0.25, -0.2) is 0 Å².